The predicted octanol–water partition coefficient (Wildman–Crippen LogP) is 5.51. The second kappa shape index (κ2) is 15.1. The van der Waals surface area contributed by atoms with Gasteiger partial charge in [-0.1, -0.05) is 60.7 Å². The van der Waals surface area contributed by atoms with E-state index in [0.29, 0.717) is 37.4 Å². The fourth-order valence-corrected chi connectivity index (χ4v) is 6.17. The number of hydrogen-bond acceptors (Lipinski definition) is 7. The van der Waals surface area contributed by atoms with Gasteiger partial charge in [0.1, 0.15) is 17.2 Å². The van der Waals surface area contributed by atoms with Gasteiger partial charge in [-0.05, 0) is 98.4 Å². The van der Waals surface area contributed by atoms with Gasteiger partial charge in [0, 0.05) is 24.1 Å². The Morgan fingerprint density at radius 2 is 1.62 bits per heavy atom. The zero-order valence-electron chi connectivity index (χ0n) is 25.8. The Labute approximate surface area is 265 Å². The number of hydrogen-bond donors (Lipinski definition) is 5. The minimum atomic E-state index is -0.793. The van der Waals surface area contributed by atoms with Gasteiger partial charge >= 0.3 is 0 Å². The van der Waals surface area contributed by atoms with Crippen molar-refractivity contribution in [1.29, 1.82) is 0 Å². The molecule has 1 unspecified atom stereocenters. The van der Waals surface area contributed by atoms with Gasteiger partial charge in [0.2, 0.25) is 6.41 Å². The van der Waals surface area contributed by atoms with Gasteiger partial charge in [0.05, 0.1) is 18.4 Å². The number of phenolic OH excluding ortho intramolecular Hbond substituents is 2. The van der Waals surface area contributed by atoms with E-state index in [1.54, 1.807) is 12.1 Å². The van der Waals surface area contributed by atoms with Crippen molar-refractivity contribution in [2.24, 2.45) is 0 Å². The van der Waals surface area contributed by atoms with Crippen LogP contribution in [0.3, 0.4) is 0 Å². The SMILES string of the molecule is CN1CCC(c2ccccc2)(c2cc(CCCOc3ccc(CNCC(O)c4ccc(O)c(NC=O)c4)cc3)ccc2O)CC1. The summed E-state index contributed by atoms with van der Waals surface area (Å²) in [6.45, 7) is 3.45. The normalized spacial score (nSPS) is 15.3. The number of carbonyl (C=O) groups excluding carboxylic acids is 1. The number of ether oxygens (including phenoxy) is 1. The van der Waals surface area contributed by atoms with Crippen LogP contribution in [0.1, 0.15) is 53.2 Å². The summed E-state index contributed by atoms with van der Waals surface area (Å²) in [5.41, 5.74) is 5.21. The summed E-state index contributed by atoms with van der Waals surface area (Å²) in [5.74, 6) is 1.12. The number of benzene rings is 4. The van der Waals surface area contributed by atoms with Gasteiger partial charge in [-0.2, -0.15) is 0 Å². The Bertz CT molecular complexity index is 1540. The molecule has 5 rings (SSSR count). The van der Waals surface area contributed by atoms with Crippen molar-refractivity contribution in [3.05, 3.63) is 119 Å². The summed E-state index contributed by atoms with van der Waals surface area (Å²) in [6.07, 6.45) is 3.35. The molecule has 1 atom stereocenters. The summed E-state index contributed by atoms with van der Waals surface area (Å²) >= 11 is 0. The number of piperidine rings is 1. The highest BCUT2D eigenvalue weighted by molar-refractivity contribution is 5.75. The fraction of sp³-hybridized carbons (Fsp3) is 0.324. The van der Waals surface area contributed by atoms with Gasteiger partial charge in [-0.3, -0.25) is 4.79 Å². The second-order valence-electron chi connectivity index (χ2n) is 11.9. The number of nitrogens with zero attached hydrogens (tertiary/aromatic N) is 1. The molecule has 4 aromatic rings. The molecule has 1 saturated heterocycles. The summed E-state index contributed by atoms with van der Waals surface area (Å²) in [6, 6.07) is 29.2. The number of amides is 1. The zero-order valence-corrected chi connectivity index (χ0v) is 25.8. The van der Waals surface area contributed by atoms with Crippen LogP contribution in [0, 0.1) is 0 Å². The molecule has 0 bridgehead atoms. The molecule has 8 nitrogen and oxygen atoms in total. The van der Waals surface area contributed by atoms with Gasteiger partial charge in [0.25, 0.3) is 0 Å². The number of aliphatic hydroxyl groups excluding tert-OH is 1. The number of carbonyl (C=O) groups is 1. The average molecular weight is 610 g/mol. The van der Waals surface area contributed by atoms with Gasteiger partial charge in [-0.25, -0.2) is 0 Å². The first-order chi connectivity index (χ1) is 21.9. The van der Waals surface area contributed by atoms with Crippen molar-refractivity contribution < 1.29 is 24.9 Å². The first-order valence-electron chi connectivity index (χ1n) is 15.6. The fourth-order valence-electron chi connectivity index (χ4n) is 6.17. The number of aliphatic hydroxyl groups is 1. The van der Waals surface area contributed by atoms with Gasteiger partial charge in [0.15, 0.2) is 0 Å². The monoisotopic (exact) mass is 609 g/mol. The van der Waals surface area contributed by atoms with Gasteiger partial charge < -0.3 is 35.6 Å². The summed E-state index contributed by atoms with van der Waals surface area (Å²) in [7, 11) is 2.16. The lowest BCUT2D eigenvalue weighted by Gasteiger charge is -2.42. The molecule has 1 amide bonds. The van der Waals surface area contributed by atoms with Crippen LogP contribution in [0.15, 0.2) is 91.0 Å². The standard InChI is InChI=1S/C37H43N3O5/c1-40-19-17-37(18-20-40,30-7-3-2-4-8-30)32-22-27(11-15-34(32)42)6-5-21-45-31-13-9-28(10-14-31)24-38-25-36(44)29-12-16-35(43)33(23-29)39-26-41/h2-4,7-16,22-23,26,36,38,42-44H,5-6,17-21,24-25H2,1H3,(H,39,41). The summed E-state index contributed by atoms with van der Waals surface area (Å²) in [5, 5.41) is 37.0. The first kappa shape index (κ1) is 32.0. The van der Waals surface area contributed by atoms with E-state index in [0.717, 1.165) is 55.6 Å². The van der Waals surface area contributed by atoms with Gasteiger partial charge in [-0.15, -0.1) is 0 Å². The van der Waals surface area contributed by atoms with Crippen molar-refractivity contribution in [1.82, 2.24) is 10.2 Å². The van der Waals surface area contributed by atoms with Crippen LogP contribution in [0.4, 0.5) is 5.69 Å². The summed E-state index contributed by atoms with van der Waals surface area (Å²) < 4.78 is 6.03. The van der Waals surface area contributed by atoms with E-state index in [1.165, 1.54) is 17.2 Å². The van der Waals surface area contributed by atoms with E-state index in [1.807, 2.05) is 42.5 Å². The van der Waals surface area contributed by atoms with Crippen LogP contribution in [-0.2, 0) is 23.2 Å². The molecular formula is C37H43N3O5. The number of aromatic hydroxyl groups is 2. The molecule has 1 fully saturated rings. The maximum atomic E-state index is 11.0. The number of likely N-dealkylation sites (tertiary alicyclic amines) is 1. The molecule has 5 N–H and O–H groups in total. The first-order valence-corrected chi connectivity index (χ1v) is 15.6. The smallest absolute Gasteiger partial charge is 0.211 e. The lowest BCUT2D eigenvalue weighted by Crippen LogP contribution is -2.41. The molecular weight excluding hydrogens is 566 g/mol. The van der Waals surface area contributed by atoms with E-state index >= 15 is 0 Å². The van der Waals surface area contributed by atoms with Crippen molar-refractivity contribution in [3.8, 4) is 17.2 Å². The van der Waals surface area contributed by atoms with E-state index in [-0.39, 0.29) is 16.9 Å². The van der Waals surface area contributed by atoms with Crippen LogP contribution in [0.5, 0.6) is 17.2 Å². The third-order valence-corrected chi connectivity index (χ3v) is 8.83. The Balaban J connectivity index is 1.11. The van der Waals surface area contributed by atoms with E-state index in [4.69, 9.17) is 4.74 Å². The quantitative estimate of drug-likeness (QED) is 0.0728. The van der Waals surface area contributed by atoms with E-state index in [9.17, 15) is 20.1 Å². The van der Waals surface area contributed by atoms with Crippen LogP contribution < -0.4 is 15.4 Å². The highest BCUT2D eigenvalue weighted by Gasteiger charge is 2.39. The molecule has 236 valence electrons. The molecule has 0 spiro atoms. The molecule has 0 aromatic heterocycles. The minimum absolute atomic E-state index is 0.0532. The molecule has 1 aliphatic heterocycles. The van der Waals surface area contributed by atoms with Crippen LogP contribution in [0.2, 0.25) is 0 Å². The maximum Gasteiger partial charge on any atom is 0.211 e. The van der Waals surface area contributed by atoms with Crippen LogP contribution >= 0.6 is 0 Å². The molecule has 8 heteroatoms. The number of rotatable bonds is 14. The predicted molar refractivity (Wildman–Crippen MR) is 177 cm³/mol. The van der Waals surface area contributed by atoms with Crippen molar-refractivity contribution in [2.45, 2.75) is 43.7 Å². The number of phenols is 2. The highest BCUT2D eigenvalue weighted by Crippen LogP contribution is 2.45. The largest absolute Gasteiger partial charge is 0.508 e. The van der Waals surface area contributed by atoms with E-state index in [2.05, 4.69) is 52.9 Å². The lowest BCUT2D eigenvalue weighted by molar-refractivity contribution is -0.105. The van der Waals surface area contributed by atoms with E-state index < -0.39 is 6.10 Å². The zero-order chi connectivity index (χ0) is 31.6. The molecule has 4 aromatic carbocycles. The molecule has 0 aliphatic carbocycles. The third-order valence-electron chi connectivity index (χ3n) is 8.83. The molecule has 0 saturated carbocycles. The maximum absolute atomic E-state index is 11.0. The third kappa shape index (κ3) is 8.02. The number of anilines is 1. The van der Waals surface area contributed by atoms with Crippen molar-refractivity contribution >= 4 is 12.1 Å². The van der Waals surface area contributed by atoms with Crippen molar-refractivity contribution in [2.75, 3.05) is 38.6 Å². The highest BCUT2D eigenvalue weighted by atomic mass is 16.5. The Morgan fingerprint density at radius 3 is 2.36 bits per heavy atom. The lowest BCUT2D eigenvalue weighted by atomic mass is 9.67. The molecule has 45 heavy (non-hydrogen) atoms. The molecule has 0 radical (unpaired) electrons. The Hall–Kier alpha value is -4.37. The summed E-state index contributed by atoms with van der Waals surface area (Å²) in [4.78, 5) is 13.1. The average Bonchev–Trinajstić information content (AvgIpc) is 3.06. The number of nitrogens with one attached hydrogen (secondary N) is 2. The topological polar surface area (TPSA) is 114 Å². The molecule has 1 aliphatic rings. The molecule has 1 heterocycles. The van der Waals surface area contributed by atoms with Crippen LogP contribution in [0.25, 0.3) is 0 Å². The Morgan fingerprint density at radius 1 is 0.911 bits per heavy atom. The minimum Gasteiger partial charge on any atom is -0.508 e. The number of aryl methyl sites for hydroxylation is 1. The van der Waals surface area contributed by atoms with Crippen LogP contribution in [-0.4, -0.2) is 59.9 Å². The Kier molecular flexibility index (Phi) is 10.7. The second-order valence-corrected chi connectivity index (χ2v) is 11.9. The van der Waals surface area contributed by atoms with Crippen molar-refractivity contribution in [3.63, 3.8) is 0 Å².